The Hall–Kier alpha value is -3.14. The molecule has 0 aliphatic heterocycles. The Morgan fingerprint density at radius 3 is 2.50 bits per heavy atom. The van der Waals surface area contributed by atoms with Crippen LogP contribution in [0.2, 0.25) is 0 Å². The molecule has 6 nitrogen and oxygen atoms in total. The minimum atomic E-state index is -5.08. The molecule has 1 fully saturated rings. The van der Waals surface area contributed by atoms with Crippen molar-refractivity contribution in [1.29, 1.82) is 0 Å². The summed E-state index contributed by atoms with van der Waals surface area (Å²) in [4.78, 5) is 23.2. The number of carbonyl (C=O) groups excluding carboxylic acids is 1. The van der Waals surface area contributed by atoms with Crippen LogP contribution in [0.25, 0.3) is 11.0 Å². The maximum absolute atomic E-state index is 14.3. The number of aromatic nitrogens is 2. The predicted molar refractivity (Wildman–Crippen MR) is 116 cm³/mol. The zero-order chi connectivity index (χ0) is 24.5. The van der Waals surface area contributed by atoms with Gasteiger partial charge in [0, 0.05) is 18.2 Å². The molecule has 1 saturated carbocycles. The van der Waals surface area contributed by atoms with Crippen molar-refractivity contribution in [2.45, 2.75) is 58.3 Å². The molecule has 0 radical (unpaired) electrons. The average molecular weight is 479 g/mol. The van der Waals surface area contributed by atoms with Crippen LogP contribution in [-0.4, -0.2) is 33.2 Å². The number of hydrogen-bond donors (Lipinski definition) is 1. The number of rotatable bonds is 6. The molecule has 34 heavy (non-hydrogen) atoms. The molecule has 0 spiro atoms. The van der Waals surface area contributed by atoms with Crippen molar-refractivity contribution in [2.24, 2.45) is 5.41 Å². The van der Waals surface area contributed by atoms with Gasteiger partial charge in [0.15, 0.2) is 11.6 Å². The van der Waals surface area contributed by atoms with Crippen molar-refractivity contribution in [2.75, 3.05) is 0 Å². The number of hydroxylamine groups is 2. The zero-order valence-corrected chi connectivity index (χ0v) is 18.8. The molecule has 0 bridgehead atoms. The van der Waals surface area contributed by atoms with E-state index in [9.17, 15) is 22.4 Å². The SMILES string of the molecule is CC1(C)CCC(N(Cc2ccc(Oc3cc4[nH]cnc4cc3F)cc2)OC(=O)C(F)(F)F)CC1. The van der Waals surface area contributed by atoms with E-state index >= 15 is 0 Å². The quantitative estimate of drug-likeness (QED) is 0.333. The predicted octanol–water partition coefficient (Wildman–Crippen LogP) is 6.29. The van der Waals surface area contributed by atoms with Crippen molar-refractivity contribution in [1.82, 2.24) is 15.0 Å². The molecule has 2 aromatic carbocycles. The third-order valence-electron chi connectivity index (χ3n) is 6.11. The van der Waals surface area contributed by atoms with E-state index < -0.39 is 18.0 Å². The minimum absolute atomic E-state index is 0.00931. The first-order valence-corrected chi connectivity index (χ1v) is 11.0. The lowest BCUT2D eigenvalue weighted by atomic mass is 9.75. The first-order valence-electron chi connectivity index (χ1n) is 11.0. The highest BCUT2D eigenvalue weighted by molar-refractivity contribution is 5.76. The Balaban J connectivity index is 1.47. The standard InChI is InChI=1S/C24H25F4N3O3/c1-23(2)9-7-16(8-10-23)31(34-22(32)24(26,27)28)13-15-3-5-17(6-4-15)33-21-12-20-19(11-18(21)25)29-14-30-20/h3-6,11-12,14,16H,7-10,13H2,1-2H3,(H,29,30). The van der Waals surface area contributed by atoms with E-state index in [4.69, 9.17) is 9.57 Å². The maximum Gasteiger partial charge on any atom is 0.492 e. The summed E-state index contributed by atoms with van der Waals surface area (Å²) in [5.41, 5.74) is 1.81. The summed E-state index contributed by atoms with van der Waals surface area (Å²) < 4.78 is 58.5. The van der Waals surface area contributed by atoms with Crippen molar-refractivity contribution in [3.05, 3.63) is 54.1 Å². The molecule has 0 unspecified atom stereocenters. The van der Waals surface area contributed by atoms with Crippen molar-refractivity contribution in [3.8, 4) is 11.5 Å². The van der Waals surface area contributed by atoms with Gasteiger partial charge in [-0.05, 0) is 48.8 Å². The van der Waals surface area contributed by atoms with Gasteiger partial charge < -0.3 is 14.6 Å². The maximum atomic E-state index is 14.3. The van der Waals surface area contributed by atoms with Crippen LogP contribution in [0.3, 0.4) is 0 Å². The lowest BCUT2D eigenvalue weighted by Gasteiger charge is -2.39. The second kappa shape index (κ2) is 9.25. The molecule has 0 saturated heterocycles. The van der Waals surface area contributed by atoms with Crippen LogP contribution >= 0.6 is 0 Å². The normalized spacial score (nSPS) is 16.7. The third kappa shape index (κ3) is 5.67. The molecule has 0 amide bonds. The molecule has 1 aliphatic rings. The molecule has 4 rings (SSSR count). The van der Waals surface area contributed by atoms with Gasteiger partial charge in [0.05, 0.1) is 23.9 Å². The largest absolute Gasteiger partial charge is 0.492 e. The number of aromatic amines is 1. The van der Waals surface area contributed by atoms with Crippen LogP contribution in [0.1, 0.15) is 45.1 Å². The number of ether oxygens (including phenoxy) is 1. The van der Waals surface area contributed by atoms with E-state index in [0.717, 1.165) is 17.9 Å². The monoisotopic (exact) mass is 479 g/mol. The number of nitrogens with one attached hydrogen (secondary N) is 1. The van der Waals surface area contributed by atoms with Crippen LogP contribution in [0.4, 0.5) is 17.6 Å². The van der Waals surface area contributed by atoms with E-state index in [-0.39, 0.29) is 23.8 Å². The third-order valence-corrected chi connectivity index (χ3v) is 6.11. The number of benzene rings is 2. The molecule has 182 valence electrons. The Morgan fingerprint density at radius 1 is 1.18 bits per heavy atom. The highest BCUT2D eigenvalue weighted by Gasteiger charge is 2.44. The van der Waals surface area contributed by atoms with Gasteiger partial charge in [0.2, 0.25) is 0 Å². The summed E-state index contributed by atoms with van der Waals surface area (Å²) in [7, 11) is 0. The zero-order valence-electron chi connectivity index (χ0n) is 18.8. The average Bonchev–Trinajstić information content (AvgIpc) is 3.21. The number of carbonyl (C=O) groups is 1. The number of imidazole rings is 1. The van der Waals surface area contributed by atoms with Crippen LogP contribution in [0.15, 0.2) is 42.7 Å². The molecule has 1 heterocycles. The molecule has 3 aromatic rings. The fraction of sp³-hybridized carbons (Fsp3) is 0.417. The van der Waals surface area contributed by atoms with Crippen LogP contribution in [0, 0.1) is 11.2 Å². The van der Waals surface area contributed by atoms with Crippen LogP contribution < -0.4 is 4.74 Å². The summed E-state index contributed by atoms with van der Waals surface area (Å²) >= 11 is 0. The number of nitrogens with zero attached hydrogens (tertiary/aromatic N) is 2. The van der Waals surface area contributed by atoms with Gasteiger partial charge >= 0.3 is 12.1 Å². The Bertz CT molecular complexity index is 1150. The molecular formula is C24H25F4N3O3. The summed E-state index contributed by atoms with van der Waals surface area (Å²) in [6, 6.07) is 8.89. The van der Waals surface area contributed by atoms with Crippen molar-refractivity contribution in [3.63, 3.8) is 0 Å². The fourth-order valence-corrected chi connectivity index (χ4v) is 4.05. The summed E-state index contributed by atoms with van der Waals surface area (Å²) in [6.45, 7) is 4.21. The first kappa shape index (κ1) is 24.0. The molecule has 0 atom stereocenters. The molecule has 10 heteroatoms. The molecule has 1 N–H and O–H groups in total. The van der Waals surface area contributed by atoms with Gasteiger partial charge in [-0.1, -0.05) is 26.0 Å². The Labute approximate surface area is 193 Å². The smallest absolute Gasteiger partial charge is 0.454 e. The second-order valence-electron chi connectivity index (χ2n) is 9.30. The van der Waals surface area contributed by atoms with Gasteiger partial charge in [-0.2, -0.15) is 13.2 Å². The van der Waals surface area contributed by atoms with E-state index in [1.54, 1.807) is 24.3 Å². The van der Waals surface area contributed by atoms with Gasteiger partial charge in [-0.15, -0.1) is 5.06 Å². The van der Waals surface area contributed by atoms with E-state index in [1.807, 2.05) is 0 Å². The van der Waals surface area contributed by atoms with E-state index in [0.29, 0.717) is 35.2 Å². The fourth-order valence-electron chi connectivity index (χ4n) is 4.05. The summed E-state index contributed by atoms with van der Waals surface area (Å²) in [5, 5.41) is 1.13. The first-order chi connectivity index (χ1) is 16.0. The number of H-pyrrole nitrogens is 1. The summed E-state index contributed by atoms with van der Waals surface area (Å²) in [5.74, 6) is -2.45. The number of fused-ring (bicyclic) bond motifs is 1. The van der Waals surface area contributed by atoms with Gasteiger partial charge in [0.25, 0.3) is 0 Å². The Kier molecular flexibility index (Phi) is 6.53. The number of hydrogen-bond acceptors (Lipinski definition) is 5. The van der Waals surface area contributed by atoms with Gasteiger partial charge in [-0.3, -0.25) is 0 Å². The highest BCUT2D eigenvalue weighted by Crippen LogP contribution is 2.38. The topological polar surface area (TPSA) is 67.4 Å². The Morgan fingerprint density at radius 2 is 1.85 bits per heavy atom. The molecule has 1 aromatic heterocycles. The van der Waals surface area contributed by atoms with Crippen molar-refractivity contribution >= 4 is 17.0 Å². The van der Waals surface area contributed by atoms with Gasteiger partial charge in [0.1, 0.15) is 5.75 Å². The highest BCUT2D eigenvalue weighted by atomic mass is 19.4. The lowest BCUT2D eigenvalue weighted by Crippen LogP contribution is -2.43. The number of alkyl halides is 3. The van der Waals surface area contributed by atoms with Crippen LogP contribution in [0.5, 0.6) is 11.5 Å². The lowest BCUT2D eigenvalue weighted by molar-refractivity contribution is -0.252. The summed E-state index contributed by atoms with van der Waals surface area (Å²) in [6.07, 6.45) is -0.756. The minimum Gasteiger partial charge on any atom is -0.454 e. The second-order valence-corrected chi connectivity index (χ2v) is 9.30. The molecular weight excluding hydrogens is 454 g/mol. The van der Waals surface area contributed by atoms with Crippen molar-refractivity contribution < 1.29 is 31.9 Å². The van der Waals surface area contributed by atoms with Crippen LogP contribution in [-0.2, 0) is 16.2 Å². The molecule has 1 aliphatic carbocycles. The van der Waals surface area contributed by atoms with E-state index in [2.05, 4.69) is 23.8 Å². The van der Waals surface area contributed by atoms with E-state index in [1.165, 1.54) is 18.5 Å². The van der Waals surface area contributed by atoms with Gasteiger partial charge in [-0.25, -0.2) is 14.2 Å². The number of halogens is 4.